The average Bonchev–Trinajstić information content (AvgIpc) is 2.94. The molecule has 0 bridgehead atoms. The van der Waals surface area contributed by atoms with Crippen molar-refractivity contribution in [2.24, 2.45) is 5.73 Å². The van der Waals surface area contributed by atoms with Gasteiger partial charge < -0.3 is 10.7 Å². The van der Waals surface area contributed by atoms with Gasteiger partial charge in [-0.05, 0) is 22.9 Å². The smallest absolute Gasteiger partial charge is 0.266 e. The standard InChI is InChI=1S/C12H11N3OS/c13-12(16)10-11(17-6-1-2-7-17)9-8(15-10)4-3-5-14-9/h1-7,15,17H,(H2,13,16). The number of hydrogen-bond acceptors (Lipinski definition) is 2. The lowest BCUT2D eigenvalue weighted by Crippen LogP contribution is -2.12. The molecular weight excluding hydrogens is 234 g/mol. The summed E-state index contributed by atoms with van der Waals surface area (Å²) >= 11 is 0. The van der Waals surface area contributed by atoms with Gasteiger partial charge in [-0.3, -0.25) is 9.78 Å². The number of aromatic amines is 1. The fourth-order valence-electron chi connectivity index (χ4n) is 1.92. The van der Waals surface area contributed by atoms with Crippen molar-refractivity contribution < 1.29 is 4.79 Å². The Morgan fingerprint density at radius 2 is 2.12 bits per heavy atom. The molecule has 0 radical (unpaired) electrons. The van der Waals surface area contributed by atoms with E-state index in [-0.39, 0.29) is 0 Å². The van der Waals surface area contributed by atoms with Crippen LogP contribution in [0.1, 0.15) is 10.5 Å². The summed E-state index contributed by atoms with van der Waals surface area (Å²) in [7, 11) is -0.612. The Morgan fingerprint density at radius 3 is 2.82 bits per heavy atom. The number of nitrogens with one attached hydrogen (secondary N) is 1. The summed E-state index contributed by atoms with van der Waals surface area (Å²) in [5.74, 6) is -0.436. The molecule has 2 aromatic rings. The summed E-state index contributed by atoms with van der Waals surface area (Å²) < 4.78 is 0. The molecule has 5 heteroatoms. The average molecular weight is 245 g/mol. The van der Waals surface area contributed by atoms with Gasteiger partial charge in [0.15, 0.2) is 0 Å². The van der Waals surface area contributed by atoms with Crippen molar-refractivity contribution in [1.82, 2.24) is 9.97 Å². The van der Waals surface area contributed by atoms with Gasteiger partial charge >= 0.3 is 0 Å². The molecule has 4 nitrogen and oxygen atoms in total. The van der Waals surface area contributed by atoms with Crippen molar-refractivity contribution in [3.05, 3.63) is 47.0 Å². The first-order valence-corrected chi connectivity index (χ1v) is 6.65. The summed E-state index contributed by atoms with van der Waals surface area (Å²) in [6, 6.07) is 3.73. The van der Waals surface area contributed by atoms with E-state index in [0.717, 1.165) is 15.9 Å². The van der Waals surface area contributed by atoms with E-state index in [2.05, 4.69) is 20.8 Å². The third-order valence-electron chi connectivity index (χ3n) is 2.64. The second-order valence-corrected chi connectivity index (χ2v) is 5.56. The minimum atomic E-state index is -0.612. The second-order valence-electron chi connectivity index (χ2n) is 3.70. The molecule has 1 aliphatic heterocycles. The number of amides is 1. The number of pyridine rings is 1. The molecule has 86 valence electrons. The predicted octanol–water partition coefficient (Wildman–Crippen LogP) is 2.06. The van der Waals surface area contributed by atoms with E-state index in [0.29, 0.717) is 5.69 Å². The fraction of sp³-hybridized carbons (Fsp3) is 0. The van der Waals surface area contributed by atoms with Crippen molar-refractivity contribution in [1.29, 1.82) is 0 Å². The quantitative estimate of drug-likeness (QED) is 0.709. The summed E-state index contributed by atoms with van der Waals surface area (Å²) in [6.45, 7) is 0. The van der Waals surface area contributed by atoms with Crippen molar-refractivity contribution in [3.63, 3.8) is 0 Å². The first kappa shape index (κ1) is 10.2. The van der Waals surface area contributed by atoms with Crippen LogP contribution in [0.5, 0.6) is 0 Å². The molecule has 0 aromatic carbocycles. The van der Waals surface area contributed by atoms with Gasteiger partial charge in [-0.25, -0.2) is 0 Å². The van der Waals surface area contributed by atoms with Crippen molar-refractivity contribution in [2.75, 3.05) is 0 Å². The van der Waals surface area contributed by atoms with E-state index >= 15 is 0 Å². The van der Waals surface area contributed by atoms with E-state index in [1.807, 2.05) is 24.3 Å². The number of nitrogens with zero attached hydrogens (tertiary/aromatic N) is 1. The third-order valence-corrected chi connectivity index (χ3v) is 4.58. The van der Waals surface area contributed by atoms with E-state index in [1.165, 1.54) is 0 Å². The van der Waals surface area contributed by atoms with Gasteiger partial charge in [0.05, 0.1) is 10.4 Å². The van der Waals surface area contributed by atoms with Crippen LogP contribution in [0.3, 0.4) is 0 Å². The number of nitrogens with two attached hydrogens (primary N) is 1. The molecule has 1 aliphatic rings. The normalized spacial score (nSPS) is 15.9. The Labute approximate surface area is 101 Å². The number of allylic oxidation sites excluding steroid dienone is 2. The van der Waals surface area contributed by atoms with E-state index in [1.54, 1.807) is 6.20 Å². The topological polar surface area (TPSA) is 71.8 Å². The number of rotatable bonds is 2. The molecule has 0 spiro atoms. The Morgan fingerprint density at radius 1 is 1.35 bits per heavy atom. The third kappa shape index (κ3) is 1.55. The number of hydrogen-bond donors (Lipinski definition) is 3. The molecule has 3 rings (SSSR count). The van der Waals surface area contributed by atoms with Gasteiger partial charge in [-0.15, -0.1) is 0 Å². The monoisotopic (exact) mass is 245 g/mol. The molecule has 0 aliphatic carbocycles. The van der Waals surface area contributed by atoms with Gasteiger partial charge in [0.25, 0.3) is 5.91 Å². The minimum absolute atomic E-state index is 0.436. The largest absolute Gasteiger partial charge is 0.364 e. The molecule has 3 heterocycles. The van der Waals surface area contributed by atoms with Crippen LogP contribution >= 0.6 is 10.9 Å². The van der Waals surface area contributed by atoms with Gasteiger partial charge in [0.1, 0.15) is 11.2 Å². The molecule has 0 atom stereocenters. The lowest BCUT2D eigenvalue weighted by molar-refractivity contribution is 0.0993. The Hall–Kier alpha value is -2.01. The molecule has 0 unspecified atom stereocenters. The number of H-pyrrole nitrogens is 1. The maximum atomic E-state index is 11.5. The molecule has 0 saturated carbocycles. The summed E-state index contributed by atoms with van der Waals surface area (Å²) in [6.07, 6.45) is 5.69. The highest BCUT2D eigenvalue weighted by Crippen LogP contribution is 2.46. The van der Waals surface area contributed by atoms with E-state index in [4.69, 9.17) is 5.73 Å². The molecule has 2 aromatic heterocycles. The fourth-order valence-corrected chi connectivity index (χ4v) is 3.73. The number of aromatic nitrogens is 2. The molecule has 0 fully saturated rings. The van der Waals surface area contributed by atoms with Gasteiger partial charge in [0, 0.05) is 6.20 Å². The predicted molar refractivity (Wildman–Crippen MR) is 70.1 cm³/mol. The van der Waals surface area contributed by atoms with Crippen LogP contribution in [-0.2, 0) is 0 Å². The zero-order valence-electron chi connectivity index (χ0n) is 8.92. The van der Waals surface area contributed by atoms with Crippen LogP contribution in [-0.4, -0.2) is 15.9 Å². The lowest BCUT2D eigenvalue weighted by atomic mass is 10.3. The number of carbonyl (C=O) groups excluding carboxylic acids is 1. The van der Waals surface area contributed by atoms with Crippen LogP contribution < -0.4 is 5.73 Å². The lowest BCUT2D eigenvalue weighted by Gasteiger charge is -2.09. The Kier molecular flexibility index (Phi) is 2.26. The van der Waals surface area contributed by atoms with Crippen LogP contribution in [0.15, 0.2) is 46.2 Å². The Balaban J connectivity index is 2.31. The zero-order chi connectivity index (χ0) is 11.8. The van der Waals surface area contributed by atoms with Crippen molar-refractivity contribution in [2.45, 2.75) is 4.90 Å². The van der Waals surface area contributed by atoms with Gasteiger partial charge in [0.2, 0.25) is 0 Å². The number of thiol groups is 1. The molecule has 1 amide bonds. The summed E-state index contributed by atoms with van der Waals surface area (Å²) in [5.41, 5.74) is 7.57. The van der Waals surface area contributed by atoms with Crippen LogP contribution in [0.4, 0.5) is 0 Å². The maximum Gasteiger partial charge on any atom is 0.266 e. The highest BCUT2D eigenvalue weighted by Gasteiger charge is 2.20. The number of carbonyl (C=O) groups is 1. The summed E-state index contributed by atoms with van der Waals surface area (Å²) in [5, 5.41) is 4.16. The van der Waals surface area contributed by atoms with Gasteiger partial charge in [-0.1, -0.05) is 12.2 Å². The van der Waals surface area contributed by atoms with Crippen molar-refractivity contribution in [3.8, 4) is 0 Å². The first-order chi connectivity index (χ1) is 8.27. The SMILES string of the molecule is NC(=O)c1[nH]c2cccnc2c1[SH]1C=CC=C1. The Bertz CT molecular complexity index is 645. The number of primary amides is 1. The molecule has 3 N–H and O–H groups in total. The van der Waals surface area contributed by atoms with Gasteiger partial charge in [-0.2, -0.15) is 10.9 Å². The first-order valence-electron chi connectivity index (χ1n) is 5.17. The van der Waals surface area contributed by atoms with E-state index < -0.39 is 16.8 Å². The van der Waals surface area contributed by atoms with Crippen LogP contribution in [0.25, 0.3) is 11.0 Å². The molecule has 0 saturated heterocycles. The highest BCUT2D eigenvalue weighted by molar-refractivity contribution is 8.22. The molecular formula is C12H11N3OS. The maximum absolute atomic E-state index is 11.5. The molecule has 17 heavy (non-hydrogen) atoms. The highest BCUT2D eigenvalue weighted by atomic mass is 32.2. The van der Waals surface area contributed by atoms with Crippen molar-refractivity contribution >= 4 is 27.8 Å². The summed E-state index contributed by atoms with van der Waals surface area (Å²) in [4.78, 5) is 19.8. The minimum Gasteiger partial charge on any atom is -0.364 e. The number of fused-ring (bicyclic) bond motifs is 1. The second kappa shape index (κ2) is 3.78. The van der Waals surface area contributed by atoms with Crippen LogP contribution in [0.2, 0.25) is 0 Å². The van der Waals surface area contributed by atoms with E-state index in [9.17, 15) is 4.79 Å². The zero-order valence-corrected chi connectivity index (χ0v) is 9.82. The van der Waals surface area contributed by atoms with Crippen LogP contribution in [0, 0.1) is 0 Å².